The topological polar surface area (TPSA) is 104 Å². The van der Waals surface area contributed by atoms with Gasteiger partial charge < -0.3 is 15.2 Å². The summed E-state index contributed by atoms with van der Waals surface area (Å²) in [6.45, 7) is 9.34. The molecule has 0 aliphatic carbocycles. The Morgan fingerprint density at radius 2 is 1.67 bits per heavy atom. The third-order valence-electron chi connectivity index (χ3n) is 5.16. The molecule has 6 nitrogen and oxygen atoms in total. The summed E-state index contributed by atoms with van der Waals surface area (Å²) in [6.07, 6.45) is 0. The quantitative estimate of drug-likeness (QED) is 0.650. The van der Waals surface area contributed by atoms with Crippen molar-refractivity contribution < 1.29 is 24.8 Å². The van der Waals surface area contributed by atoms with Crippen molar-refractivity contribution in [2.24, 2.45) is 0 Å². The molecular weight excluding hydrogens is 344 g/mol. The van der Waals surface area contributed by atoms with E-state index in [1.165, 1.54) is 0 Å². The first-order valence-electron chi connectivity index (χ1n) is 8.49. The Morgan fingerprint density at radius 3 is 2.15 bits per heavy atom. The van der Waals surface area contributed by atoms with Gasteiger partial charge >= 0.3 is 11.9 Å². The SMILES string of the molecule is C=C1C(C(=O)O)=[NH+]C(C(c2ccccc2)c2[nH]c(C(=O)O)c(C)c2C)=C1C. The zero-order valence-electron chi connectivity index (χ0n) is 15.4. The number of benzene rings is 1. The maximum Gasteiger partial charge on any atom is 0.401 e. The lowest BCUT2D eigenvalue weighted by Crippen LogP contribution is -2.71. The van der Waals surface area contributed by atoms with Crippen molar-refractivity contribution in [3.05, 3.63) is 81.8 Å². The Morgan fingerprint density at radius 1 is 1.04 bits per heavy atom. The van der Waals surface area contributed by atoms with Gasteiger partial charge in [-0.05, 0) is 37.5 Å². The number of hydrogen-bond acceptors (Lipinski definition) is 2. The van der Waals surface area contributed by atoms with Crippen molar-refractivity contribution >= 4 is 17.7 Å². The molecule has 1 aliphatic heterocycles. The molecule has 138 valence electrons. The van der Waals surface area contributed by atoms with Crippen LogP contribution < -0.4 is 4.99 Å². The number of allylic oxidation sites excluding steroid dienone is 2. The molecule has 6 heteroatoms. The van der Waals surface area contributed by atoms with E-state index in [-0.39, 0.29) is 17.3 Å². The fourth-order valence-electron chi connectivity index (χ4n) is 3.46. The highest BCUT2D eigenvalue weighted by atomic mass is 16.4. The fraction of sp³-hybridized carbons (Fsp3) is 0.190. The number of hydrogen-bond donors (Lipinski definition) is 4. The van der Waals surface area contributed by atoms with Crippen LogP contribution in [0.1, 0.15) is 45.7 Å². The van der Waals surface area contributed by atoms with Crippen molar-refractivity contribution in [3.8, 4) is 0 Å². The highest BCUT2D eigenvalue weighted by Crippen LogP contribution is 2.35. The molecule has 1 aromatic heterocycles. The summed E-state index contributed by atoms with van der Waals surface area (Å²) < 4.78 is 0. The lowest BCUT2D eigenvalue weighted by atomic mass is 9.88. The van der Waals surface area contributed by atoms with E-state index in [1.54, 1.807) is 6.92 Å². The summed E-state index contributed by atoms with van der Waals surface area (Å²) >= 11 is 0. The molecule has 0 bridgehead atoms. The number of nitrogens with one attached hydrogen (secondary N) is 2. The Balaban J connectivity index is 2.27. The van der Waals surface area contributed by atoms with Crippen LogP contribution in [0.2, 0.25) is 0 Å². The van der Waals surface area contributed by atoms with Crippen LogP contribution in [0.15, 0.2) is 53.8 Å². The number of rotatable bonds is 5. The molecule has 2 heterocycles. The van der Waals surface area contributed by atoms with Gasteiger partial charge in [-0.25, -0.2) is 14.6 Å². The molecule has 0 spiro atoms. The number of carboxylic acids is 2. The second-order valence-corrected chi connectivity index (χ2v) is 6.63. The Bertz CT molecular complexity index is 1030. The van der Waals surface area contributed by atoms with E-state index in [2.05, 4.69) is 16.6 Å². The third kappa shape index (κ3) is 2.99. The van der Waals surface area contributed by atoms with Crippen LogP contribution in [0.4, 0.5) is 0 Å². The van der Waals surface area contributed by atoms with E-state index in [0.29, 0.717) is 16.8 Å². The van der Waals surface area contributed by atoms with E-state index < -0.39 is 11.9 Å². The predicted octanol–water partition coefficient (Wildman–Crippen LogP) is 1.91. The van der Waals surface area contributed by atoms with E-state index in [9.17, 15) is 19.8 Å². The van der Waals surface area contributed by atoms with Crippen LogP contribution in [0.3, 0.4) is 0 Å². The summed E-state index contributed by atoms with van der Waals surface area (Å²) in [5.74, 6) is -2.47. The van der Waals surface area contributed by atoms with E-state index >= 15 is 0 Å². The van der Waals surface area contributed by atoms with Gasteiger partial charge in [-0.1, -0.05) is 36.9 Å². The molecule has 1 atom stereocenters. The van der Waals surface area contributed by atoms with Crippen LogP contribution in [0.5, 0.6) is 0 Å². The number of H-pyrrole nitrogens is 1. The van der Waals surface area contributed by atoms with Crippen molar-refractivity contribution in [2.45, 2.75) is 26.7 Å². The highest BCUT2D eigenvalue weighted by molar-refractivity contribution is 6.41. The van der Waals surface area contributed by atoms with Gasteiger partial charge in [-0.3, -0.25) is 0 Å². The lowest BCUT2D eigenvalue weighted by Gasteiger charge is -2.15. The Kier molecular flexibility index (Phi) is 4.57. The summed E-state index contributed by atoms with van der Waals surface area (Å²) in [5, 5.41) is 18.9. The Hall–Kier alpha value is -3.41. The van der Waals surface area contributed by atoms with Crippen molar-refractivity contribution in [1.82, 2.24) is 4.98 Å². The second kappa shape index (κ2) is 6.72. The minimum absolute atomic E-state index is 0.0443. The predicted molar refractivity (Wildman–Crippen MR) is 101 cm³/mol. The highest BCUT2D eigenvalue weighted by Gasteiger charge is 2.38. The van der Waals surface area contributed by atoms with Gasteiger partial charge in [0.15, 0.2) is 5.70 Å². The molecule has 4 N–H and O–H groups in total. The number of aromatic nitrogens is 1. The van der Waals surface area contributed by atoms with Crippen molar-refractivity contribution in [1.29, 1.82) is 0 Å². The molecule has 0 fully saturated rings. The number of aromatic amines is 1. The first-order valence-corrected chi connectivity index (χ1v) is 8.49. The van der Waals surface area contributed by atoms with Crippen LogP contribution in [0.25, 0.3) is 0 Å². The fourth-order valence-corrected chi connectivity index (χ4v) is 3.46. The first-order chi connectivity index (χ1) is 12.7. The third-order valence-corrected chi connectivity index (χ3v) is 5.16. The molecule has 1 aromatic carbocycles. The van der Waals surface area contributed by atoms with Gasteiger partial charge in [-0.15, -0.1) is 0 Å². The van der Waals surface area contributed by atoms with E-state index in [4.69, 9.17) is 0 Å². The Labute approximate surface area is 156 Å². The summed E-state index contributed by atoms with van der Waals surface area (Å²) in [6, 6.07) is 9.56. The maximum atomic E-state index is 11.6. The minimum atomic E-state index is -1.08. The summed E-state index contributed by atoms with van der Waals surface area (Å²) in [4.78, 5) is 29.2. The van der Waals surface area contributed by atoms with Gasteiger partial charge in [0.1, 0.15) is 11.6 Å². The number of aliphatic carboxylic acids is 1. The van der Waals surface area contributed by atoms with Crippen LogP contribution in [-0.2, 0) is 4.79 Å². The van der Waals surface area contributed by atoms with Crippen molar-refractivity contribution in [3.63, 3.8) is 0 Å². The van der Waals surface area contributed by atoms with Crippen LogP contribution in [-0.4, -0.2) is 32.8 Å². The lowest BCUT2D eigenvalue weighted by molar-refractivity contribution is -0.398. The standard InChI is InChI=1S/C21H20N2O4/c1-10-12(3)18(20(24)25)22-16(10)15(14-8-6-5-7-9-14)17-11(2)13(4)19(23-17)21(26)27/h5-9,15,23H,3H2,1-2,4H3,(H,24,25)(H,26,27)/p+1. The molecule has 2 aromatic rings. The summed E-state index contributed by atoms with van der Waals surface area (Å²) in [5.41, 5.74) is 5.17. The number of carboxylic acid groups (broad SMARTS) is 2. The molecule has 1 aliphatic rings. The monoisotopic (exact) mass is 365 g/mol. The van der Waals surface area contributed by atoms with Crippen LogP contribution >= 0.6 is 0 Å². The molecule has 3 rings (SSSR count). The second-order valence-electron chi connectivity index (χ2n) is 6.63. The van der Waals surface area contributed by atoms with Crippen LogP contribution in [0, 0.1) is 13.8 Å². The molecule has 1 unspecified atom stereocenters. The average Bonchev–Trinajstić information content (AvgIpc) is 3.09. The largest absolute Gasteiger partial charge is 0.477 e. The molecule has 27 heavy (non-hydrogen) atoms. The van der Waals surface area contributed by atoms with Gasteiger partial charge in [-0.2, -0.15) is 0 Å². The number of carbonyl (C=O) groups is 2. The zero-order valence-corrected chi connectivity index (χ0v) is 15.4. The van der Waals surface area contributed by atoms with Gasteiger partial charge in [0.05, 0.1) is 5.57 Å². The molecule has 0 saturated heterocycles. The van der Waals surface area contributed by atoms with Gasteiger partial charge in [0.25, 0.3) is 5.71 Å². The van der Waals surface area contributed by atoms with Gasteiger partial charge in [0, 0.05) is 11.3 Å². The normalized spacial score (nSPS) is 15.1. The number of aromatic carboxylic acids is 1. The molecular formula is C21H21N2O4+. The minimum Gasteiger partial charge on any atom is -0.477 e. The molecule has 0 amide bonds. The van der Waals surface area contributed by atoms with Crippen molar-refractivity contribution in [2.75, 3.05) is 0 Å². The smallest absolute Gasteiger partial charge is 0.401 e. The summed E-state index contributed by atoms with van der Waals surface area (Å²) in [7, 11) is 0. The van der Waals surface area contributed by atoms with Gasteiger partial charge in [0.2, 0.25) is 0 Å². The maximum absolute atomic E-state index is 11.6. The van der Waals surface area contributed by atoms with E-state index in [1.807, 2.05) is 44.2 Å². The molecule has 0 radical (unpaired) electrons. The molecule has 0 saturated carbocycles. The van der Waals surface area contributed by atoms with E-state index in [0.717, 1.165) is 22.4 Å². The zero-order chi connectivity index (χ0) is 19.9. The average molecular weight is 365 g/mol. The first kappa shape index (κ1) is 18.4.